The number of rotatable bonds is 4. The lowest BCUT2D eigenvalue weighted by atomic mass is 9.99. The molecule has 0 spiro atoms. The zero-order chi connectivity index (χ0) is 17.6. The van der Waals surface area contributed by atoms with Crippen LogP contribution in [-0.2, 0) is 16.4 Å². The monoisotopic (exact) mass is 355 g/mol. The minimum absolute atomic E-state index is 0.118. The van der Waals surface area contributed by atoms with Crippen LogP contribution >= 0.6 is 0 Å². The largest absolute Gasteiger partial charge is 0.409 e. The maximum Gasteiger partial charge on any atom is 0.409 e. The van der Waals surface area contributed by atoms with E-state index in [9.17, 15) is 21.6 Å². The van der Waals surface area contributed by atoms with Gasteiger partial charge in [0.1, 0.15) is 5.54 Å². The predicted molar refractivity (Wildman–Crippen MR) is 84.0 cm³/mol. The number of nitrogens with zero attached hydrogens (tertiary/aromatic N) is 1. The summed E-state index contributed by atoms with van der Waals surface area (Å²) in [4.78, 5) is -0.118. The molecule has 0 saturated carbocycles. The van der Waals surface area contributed by atoms with Crippen molar-refractivity contribution in [2.24, 2.45) is 0 Å². The van der Waals surface area contributed by atoms with Crippen LogP contribution in [0.4, 0.5) is 13.2 Å². The van der Waals surface area contributed by atoms with Gasteiger partial charge in [-0.1, -0.05) is 48.0 Å². The summed E-state index contributed by atoms with van der Waals surface area (Å²) in [5.74, 6) is 0. The molecule has 2 aromatic carbocycles. The molecule has 3 nitrogen and oxygen atoms in total. The van der Waals surface area contributed by atoms with Crippen LogP contribution in [0, 0.1) is 6.92 Å². The number of hydrogen-bond donors (Lipinski definition) is 0. The molecule has 0 N–H and O–H groups in total. The quantitative estimate of drug-likeness (QED) is 0.787. The standard InChI is InChI=1S/C17H16F3NO2S/c1-13-7-9-15(10-8-13)24(22,23)21-12-16(21,17(18,19)20)11-14-5-3-2-4-6-14/h2-10H,11-12H2,1H3/t16-,21?/m1/s1. The summed E-state index contributed by atoms with van der Waals surface area (Å²) in [6.07, 6.45) is -5.02. The van der Waals surface area contributed by atoms with Gasteiger partial charge in [0.15, 0.2) is 0 Å². The van der Waals surface area contributed by atoms with E-state index in [0.29, 0.717) is 9.87 Å². The molecule has 1 aliphatic heterocycles. The molecule has 1 unspecified atom stereocenters. The molecular weight excluding hydrogens is 339 g/mol. The van der Waals surface area contributed by atoms with Crippen molar-refractivity contribution < 1.29 is 21.6 Å². The number of sulfonamides is 1. The molecule has 0 radical (unpaired) electrons. The molecule has 0 bridgehead atoms. The molecule has 1 aliphatic rings. The summed E-state index contributed by atoms with van der Waals surface area (Å²) in [7, 11) is -4.18. The fourth-order valence-electron chi connectivity index (χ4n) is 2.76. The van der Waals surface area contributed by atoms with Crippen molar-refractivity contribution in [3.63, 3.8) is 0 Å². The molecule has 24 heavy (non-hydrogen) atoms. The van der Waals surface area contributed by atoms with E-state index in [-0.39, 0.29) is 11.3 Å². The third kappa shape index (κ3) is 2.82. The molecule has 3 rings (SSSR count). The Balaban J connectivity index is 1.95. The van der Waals surface area contributed by atoms with Gasteiger partial charge in [0.05, 0.1) is 4.90 Å². The zero-order valence-corrected chi connectivity index (χ0v) is 13.7. The maximum absolute atomic E-state index is 13.6. The second kappa shape index (κ2) is 5.60. The summed E-state index contributed by atoms with van der Waals surface area (Å²) < 4.78 is 66.6. The van der Waals surface area contributed by atoms with Crippen LogP contribution in [0.25, 0.3) is 0 Å². The molecular formula is C17H16F3NO2S. The first-order valence-electron chi connectivity index (χ1n) is 7.37. The Hall–Kier alpha value is -1.86. The van der Waals surface area contributed by atoms with Crippen LogP contribution in [0.5, 0.6) is 0 Å². The molecule has 128 valence electrons. The van der Waals surface area contributed by atoms with Gasteiger partial charge in [0.2, 0.25) is 10.0 Å². The Morgan fingerprint density at radius 3 is 2.17 bits per heavy atom. The Kier molecular flexibility index (Phi) is 3.96. The van der Waals surface area contributed by atoms with Gasteiger partial charge in [0.25, 0.3) is 0 Å². The van der Waals surface area contributed by atoms with Crippen molar-refractivity contribution >= 4 is 10.0 Å². The maximum atomic E-state index is 13.6. The van der Waals surface area contributed by atoms with Gasteiger partial charge in [-0.25, -0.2) is 8.42 Å². The van der Waals surface area contributed by atoms with Gasteiger partial charge in [0, 0.05) is 13.0 Å². The molecule has 2 atom stereocenters. The molecule has 1 fully saturated rings. The van der Waals surface area contributed by atoms with Crippen LogP contribution in [0.3, 0.4) is 0 Å². The summed E-state index contributed by atoms with van der Waals surface area (Å²) >= 11 is 0. The fraction of sp³-hybridized carbons (Fsp3) is 0.294. The topological polar surface area (TPSA) is 37.1 Å². The van der Waals surface area contributed by atoms with E-state index in [1.165, 1.54) is 12.1 Å². The molecule has 0 amide bonds. The van der Waals surface area contributed by atoms with Crippen LogP contribution < -0.4 is 0 Å². The number of benzene rings is 2. The Morgan fingerprint density at radius 1 is 1.04 bits per heavy atom. The lowest BCUT2D eigenvalue weighted by Crippen LogP contribution is -2.40. The van der Waals surface area contributed by atoms with Gasteiger partial charge in [-0.05, 0) is 24.6 Å². The molecule has 0 aliphatic carbocycles. The van der Waals surface area contributed by atoms with E-state index in [4.69, 9.17) is 0 Å². The minimum Gasteiger partial charge on any atom is -0.207 e. The average Bonchev–Trinajstić information content (AvgIpc) is 3.25. The third-order valence-corrected chi connectivity index (χ3v) is 6.18. The first-order valence-corrected chi connectivity index (χ1v) is 8.81. The summed E-state index contributed by atoms with van der Waals surface area (Å²) in [5, 5.41) is 0. The second-order valence-electron chi connectivity index (χ2n) is 6.02. The highest BCUT2D eigenvalue weighted by Crippen LogP contribution is 2.51. The Morgan fingerprint density at radius 2 is 1.62 bits per heavy atom. The fourth-order valence-corrected chi connectivity index (χ4v) is 4.51. The normalized spacial score (nSPS) is 23.9. The SMILES string of the molecule is Cc1ccc(S(=O)(=O)N2C[C@]2(Cc2ccccc2)C(F)(F)F)cc1. The van der Waals surface area contributed by atoms with Crippen molar-refractivity contribution in [2.45, 2.75) is 30.0 Å². The van der Waals surface area contributed by atoms with Gasteiger partial charge in [-0.15, -0.1) is 0 Å². The highest BCUT2D eigenvalue weighted by Gasteiger charge is 2.73. The van der Waals surface area contributed by atoms with Crippen LogP contribution in [0.15, 0.2) is 59.5 Å². The second-order valence-corrected chi connectivity index (χ2v) is 7.88. The summed E-state index contributed by atoms with van der Waals surface area (Å²) in [5.41, 5.74) is -1.07. The van der Waals surface area contributed by atoms with Crippen molar-refractivity contribution in [3.05, 3.63) is 65.7 Å². The third-order valence-electron chi connectivity index (χ3n) is 4.26. The van der Waals surface area contributed by atoms with Crippen LogP contribution in [0.1, 0.15) is 11.1 Å². The zero-order valence-electron chi connectivity index (χ0n) is 12.9. The molecule has 7 heteroatoms. The van der Waals surface area contributed by atoms with E-state index in [0.717, 1.165) is 5.56 Å². The van der Waals surface area contributed by atoms with E-state index in [1.54, 1.807) is 49.4 Å². The van der Waals surface area contributed by atoms with E-state index >= 15 is 0 Å². The predicted octanol–water partition coefficient (Wildman–Crippen LogP) is 3.54. The number of aryl methyl sites for hydroxylation is 1. The number of halogens is 3. The highest BCUT2D eigenvalue weighted by atomic mass is 32.2. The van der Waals surface area contributed by atoms with Gasteiger partial charge >= 0.3 is 6.18 Å². The first kappa shape index (κ1) is 17.0. The lowest BCUT2D eigenvalue weighted by molar-refractivity contribution is -0.165. The van der Waals surface area contributed by atoms with Crippen LogP contribution in [0.2, 0.25) is 0 Å². The van der Waals surface area contributed by atoms with Gasteiger partial charge in [-0.2, -0.15) is 17.5 Å². The number of alkyl halides is 3. The van der Waals surface area contributed by atoms with Crippen LogP contribution in [-0.4, -0.2) is 31.0 Å². The van der Waals surface area contributed by atoms with E-state index in [2.05, 4.69) is 0 Å². The van der Waals surface area contributed by atoms with Crippen molar-refractivity contribution in [1.29, 1.82) is 0 Å². The molecule has 1 heterocycles. The highest BCUT2D eigenvalue weighted by molar-refractivity contribution is 7.89. The Labute approximate surface area is 138 Å². The van der Waals surface area contributed by atoms with E-state index < -0.39 is 28.3 Å². The van der Waals surface area contributed by atoms with Crippen molar-refractivity contribution in [3.8, 4) is 0 Å². The average molecular weight is 355 g/mol. The smallest absolute Gasteiger partial charge is 0.207 e. The van der Waals surface area contributed by atoms with E-state index in [1.807, 2.05) is 0 Å². The first-order chi connectivity index (χ1) is 11.2. The van der Waals surface area contributed by atoms with Gasteiger partial charge < -0.3 is 0 Å². The van der Waals surface area contributed by atoms with Crippen molar-refractivity contribution in [1.82, 2.24) is 4.31 Å². The Bertz CT molecular complexity index is 832. The lowest BCUT2D eigenvalue weighted by Gasteiger charge is -2.21. The summed E-state index contributed by atoms with van der Waals surface area (Å²) in [6, 6.07) is 14.0. The van der Waals surface area contributed by atoms with Crippen molar-refractivity contribution in [2.75, 3.05) is 6.54 Å². The molecule has 2 aromatic rings. The molecule has 1 saturated heterocycles. The summed E-state index contributed by atoms with van der Waals surface area (Å²) in [6.45, 7) is 1.23. The number of hydrogen-bond acceptors (Lipinski definition) is 2. The van der Waals surface area contributed by atoms with Gasteiger partial charge in [-0.3, -0.25) is 0 Å². The minimum atomic E-state index is -4.64. The molecule has 0 aromatic heterocycles.